The molecule has 1 N–H and O–H groups in total. The summed E-state index contributed by atoms with van der Waals surface area (Å²) in [6.07, 6.45) is 2.47. The lowest BCUT2D eigenvalue weighted by molar-refractivity contribution is 0.0775. The molecule has 1 heterocycles. The molecule has 118 valence electrons. The van der Waals surface area contributed by atoms with Crippen molar-refractivity contribution in [1.29, 1.82) is 0 Å². The summed E-state index contributed by atoms with van der Waals surface area (Å²) in [6, 6.07) is 6.38. The van der Waals surface area contributed by atoms with Gasteiger partial charge in [0, 0.05) is 24.6 Å². The average Bonchev–Trinajstić information content (AvgIpc) is 3.00. The number of rotatable bonds is 7. The van der Waals surface area contributed by atoms with Crippen LogP contribution < -0.4 is 14.8 Å². The monoisotopic (exact) mass is 293 g/mol. The van der Waals surface area contributed by atoms with Crippen LogP contribution in [-0.2, 0) is 4.74 Å². The molecule has 3 unspecified atom stereocenters. The Morgan fingerprint density at radius 1 is 1.19 bits per heavy atom. The first-order valence-corrected chi connectivity index (χ1v) is 7.81. The molecule has 1 aromatic rings. The largest absolute Gasteiger partial charge is 0.497 e. The molecule has 1 aromatic carbocycles. The third-order valence-corrected chi connectivity index (χ3v) is 4.25. The van der Waals surface area contributed by atoms with E-state index in [1.54, 1.807) is 14.2 Å². The van der Waals surface area contributed by atoms with Gasteiger partial charge in [0.25, 0.3) is 0 Å². The third-order valence-electron chi connectivity index (χ3n) is 4.25. The summed E-state index contributed by atoms with van der Waals surface area (Å²) >= 11 is 0. The van der Waals surface area contributed by atoms with Crippen LogP contribution in [0.1, 0.15) is 38.3 Å². The average molecular weight is 293 g/mol. The Balaban J connectivity index is 2.32. The van der Waals surface area contributed by atoms with E-state index in [-0.39, 0.29) is 6.04 Å². The quantitative estimate of drug-likeness (QED) is 0.838. The van der Waals surface area contributed by atoms with E-state index in [4.69, 9.17) is 14.2 Å². The highest BCUT2D eigenvalue weighted by atomic mass is 16.5. The molecule has 21 heavy (non-hydrogen) atoms. The van der Waals surface area contributed by atoms with Crippen LogP contribution in [0.4, 0.5) is 0 Å². The Hall–Kier alpha value is -1.26. The highest BCUT2D eigenvalue weighted by molar-refractivity contribution is 5.40. The Morgan fingerprint density at radius 2 is 1.86 bits per heavy atom. The molecule has 0 amide bonds. The molecule has 0 spiro atoms. The normalized spacial score (nSPS) is 23.0. The van der Waals surface area contributed by atoms with E-state index in [0.29, 0.717) is 12.0 Å². The van der Waals surface area contributed by atoms with Crippen molar-refractivity contribution < 1.29 is 14.2 Å². The molecule has 3 atom stereocenters. The van der Waals surface area contributed by atoms with Gasteiger partial charge >= 0.3 is 0 Å². The molecule has 1 saturated heterocycles. The summed E-state index contributed by atoms with van der Waals surface area (Å²) in [5, 5.41) is 3.62. The molecular weight excluding hydrogens is 266 g/mol. The highest BCUT2D eigenvalue weighted by Gasteiger charge is 2.34. The zero-order valence-corrected chi connectivity index (χ0v) is 13.5. The fraction of sp³-hybridized carbons (Fsp3) is 0.647. The molecule has 0 aromatic heterocycles. The minimum absolute atomic E-state index is 0.270. The summed E-state index contributed by atoms with van der Waals surface area (Å²) in [5.41, 5.74) is 1.21. The topological polar surface area (TPSA) is 39.7 Å². The van der Waals surface area contributed by atoms with E-state index < -0.39 is 0 Å². The standard InChI is InChI=1S/C17H27NO3/c1-5-16-15(7-8-21-16)17(18-6-2)12-9-13(19-3)11-14(10-12)20-4/h9-11,15-18H,5-8H2,1-4H3. The van der Waals surface area contributed by atoms with Crippen LogP contribution in [-0.4, -0.2) is 33.5 Å². The van der Waals surface area contributed by atoms with Gasteiger partial charge in [-0.25, -0.2) is 0 Å². The van der Waals surface area contributed by atoms with E-state index >= 15 is 0 Å². The van der Waals surface area contributed by atoms with Gasteiger partial charge < -0.3 is 19.5 Å². The van der Waals surface area contributed by atoms with Gasteiger partial charge in [0.1, 0.15) is 11.5 Å². The summed E-state index contributed by atoms with van der Waals surface area (Å²) < 4.78 is 16.7. The van der Waals surface area contributed by atoms with Crippen molar-refractivity contribution in [3.8, 4) is 11.5 Å². The number of benzene rings is 1. The first kappa shape index (κ1) is 16.1. The van der Waals surface area contributed by atoms with E-state index in [1.807, 2.05) is 6.07 Å². The van der Waals surface area contributed by atoms with E-state index in [9.17, 15) is 0 Å². The molecule has 4 heteroatoms. The first-order valence-electron chi connectivity index (χ1n) is 7.81. The lowest BCUT2D eigenvalue weighted by Gasteiger charge is -2.28. The van der Waals surface area contributed by atoms with Gasteiger partial charge in [-0.15, -0.1) is 0 Å². The highest BCUT2D eigenvalue weighted by Crippen LogP contribution is 2.37. The van der Waals surface area contributed by atoms with E-state index in [2.05, 4.69) is 31.3 Å². The Kier molecular flexibility index (Phi) is 5.88. The second-order valence-corrected chi connectivity index (χ2v) is 5.45. The second kappa shape index (κ2) is 7.66. The Bertz CT molecular complexity index is 427. The fourth-order valence-electron chi connectivity index (χ4n) is 3.21. The summed E-state index contributed by atoms with van der Waals surface area (Å²) in [7, 11) is 3.38. The van der Waals surface area contributed by atoms with Gasteiger partial charge in [0.2, 0.25) is 0 Å². The first-order chi connectivity index (χ1) is 10.2. The maximum atomic E-state index is 5.87. The Labute approximate surface area is 127 Å². The molecule has 4 nitrogen and oxygen atoms in total. The van der Waals surface area contributed by atoms with Crippen molar-refractivity contribution in [3.63, 3.8) is 0 Å². The molecule has 0 aliphatic carbocycles. The summed E-state index contributed by atoms with van der Waals surface area (Å²) in [4.78, 5) is 0. The van der Waals surface area contributed by atoms with Crippen LogP contribution in [0.15, 0.2) is 18.2 Å². The van der Waals surface area contributed by atoms with Gasteiger partial charge in [-0.05, 0) is 37.1 Å². The second-order valence-electron chi connectivity index (χ2n) is 5.45. The molecule has 1 aliphatic rings. The number of hydrogen-bond acceptors (Lipinski definition) is 4. The van der Waals surface area contributed by atoms with Crippen molar-refractivity contribution in [3.05, 3.63) is 23.8 Å². The third kappa shape index (κ3) is 3.69. The minimum Gasteiger partial charge on any atom is -0.497 e. The van der Waals surface area contributed by atoms with Crippen LogP contribution in [0.5, 0.6) is 11.5 Å². The van der Waals surface area contributed by atoms with Crippen molar-refractivity contribution in [2.45, 2.75) is 38.8 Å². The van der Waals surface area contributed by atoms with Crippen molar-refractivity contribution >= 4 is 0 Å². The summed E-state index contributed by atoms with van der Waals surface area (Å²) in [6.45, 7) is 6.11. The molecule has 0 bridgehead atoms. The number of hydrogen-bond donors (Lipinski definition) is 1. The van der Waals surface area contributed by atoms with Crippen LogP contribution in [0.2, 0.25) is 0 Å². The predicted molar refractivity (Wildman–Crippen MR) is 84.1 cm³/mol. The van der Waals surface area contributed by atoms with Gasteiger partial charge in [0.15, 0.2) is 0 Å². The Morgan fingerprint density at radius 3 is 2.38 bits per heavy atom. The van der Waals surface area contributed by atoms with Crippen LogP contribution >= 0.6 is 0 Å². The molecule has 1 aliphatic heterocycles. The predicted octanol–water partition coefficient (Wildman–Crippen LogP) is 3.17. The zero-order valence-electron chi connectivity index (χ0n) is 13.5. The molecule has 0 saturated carbocycles. The lowest BCUT2D eigenvalue weighted by Crippen LogP contribution is -2.32. The van der Waals surface area contributed by atoms with Crippen LogP contribution in [0, 0.1) is 5.92 Å². The molecule has 1 fully saturated rings. The number of methoxy groups -OCH3 is 2. The van der Waals surface area contributed by atoms with Gasteiger partial charge in [-0.1, -0.05) is 13.8 Å². The lowest BCUT2D eigenvalue weighted by atomic mass is 9.86. The van der Waals surface area contributed by atoms with Crippen molar-refractivity contribution in [2.24, 2.45) is 5.92 Å². The molecular formula is C17H27NO3. The molecule has 2 rings (SSSR count). The fourth-order valence-corrected chi connectivity index (χ4v) is 3.21. The van der Waals surface area contributed by atoms with Crippen molar-refractivity contribution in [1.82, 2.24) is 5.32 Å². The number of ether oxygens (including phenoxy) is 3. The van der Waals surface area contributed by atoms with Gasteiger partial charge in [0.05, 0.1) is 20.3 Å². The number of nitrogens with one attached hydrogen (secondary N) is 1. The molecule has 0 radical (unpaired) electrons. The van der Waals surface area contributed by atoms with Gasteiger partial charge in [-0.3, -0.25) is 0 Å². The zero-order chi connectivity index (χ0) is 15.2. The SMILES string of the molecule is CCNC(c1cc(OC)cc(OC)c1)C1CCOC1CC. The van der Waals surface area contributed by atoms with Gasteiger partial charge in [-0.2, -0.15) is 0 Å². The smallest absolute Gasteiger partial charge is 0.122 e. The van der Waals surface area contributed by atoms with Crippen LogP contribution in [0.3, 0.4) is 0 Å². The maximum Gasteiger partial charge on any atom is 0.122 e. The van der Waals surface area contributed by atoms with Crippen molar-refractivity contribution in [2.75, 3.05) is 27.4 Å². The van der Waals surface area contributed by atoms with E-state index in [0.717, 1.165) is 37.5 Å². The minimum atomic E-state index is 0.270. The van der Waals surface area contributed by atoms with Crippen LogP contribution in [0.25, 0.3) is 0 Å². The maximum absolute atomic E-state index is 5.87. The van der Waals surface area contributed by atoms with E-state index in [1.165, 1.54) is 5.56 Å². The summed E-state index contributed by atoms with van der Waals surface area (Å²) in [5.74, 6) is 2.16.